The monoisotopic (exact) mass is 258 g/mol. The summed E-state index contributed by atoms with van der Waals surface area (Å²) in [7, 11) is 0. The molecule has 2 rings (SSSR count). The highest BCUT2D eigenvalue weighted by Crippen LogP contribution is 2.28. The van der Waals surface area contributed by atoms with Gasteiger partial charge in [-0.3, -0.25) is 0 Å². The van der Waals surface area contributed by atoms with E-state index in [1.54, 1.807) is 12.1 Å². The molecule has 2 nitrogen and oxygen atoms in total. The quantitative estimate of drug-likeness (QED) is 0.883. The predicted molar refractivity (Wildman–Crippen MR) is 68.4 cm³/mol. The zero-order valence-corrected chi connectivity index (χ0v) is 10.6. The minimum atomic E-state index is -0.810. The highest BCUT2D eigenvalue weighted by molar-refractivity contribution is 7.99. The van der Waals surface area contributed by atoms with Crippen molar-refractivity contribution in [3.8, 4) is 0 Å². The van der Waals surface area contributed by atoms with Crippen molar-refractivity contribution in [2.45, 2.75) is 19.5 Å². The molecule has 1 aliphatic heterocycles. The molecule has 1 unspecified atom stereocenters. The summed E-state index contributed by atoms with van der Waals surface area (Å²) in [5.74, 6) is 0.311. The van der Waals surface area contributed by atoms with Gasteiger partial charge >= 0.3 is 0 Å². The van der Waals surface area contributed by atoms with Crippen molar-refractivity contribution in [3.63, 3.8) is 0 Å². The van der Waals surface area contributed by atoms with Gasteiger partial charge in [0.1, 0.15) is 0 Å². The lowest BCUT2D eigenvalue weighted by Crippen LogP contribution is -2.41. The van der Waals surface area contributed by atoms with Crippen LogP contribution >= 0.6 is 11.8 Å². The fraction of sp³-hybridized carbons (Fsp3) is 0.500. The molecule has 1 atom stereocenters. The summed E-state index contributed by atoms with van der Waals surface area (Å²) in [6.07, 6.45) is 0. The fourth-order valence-corrected chi connectivity index (χ4v) is 3.06. The summed E-state index contributed by atoms with van der Waals surface area (Å²) >= 11 is 1.84. The first-order valence-corrected chi connectivity index (χ1v) is 6.82. The van der Waals surface area contributed by atoms with Crippen molar-refractivity contribution < 1.29 is 8.78 Å². The fourth-order valence-electron chi connectivity index (χ4n) is 2.04. The number of hydrogen-bond acceptors (Lipinski definition) is 3. The Morgan fingerprint density at radius 1 is 1.41 bits per heavy atom. The first kappa shape index (κ1) is 12.6. The average Bonchev–Trinajstić information content (AvgIpc) is 2.34. The highest BCUT2D eigenvalue weighted by Gasteiger charge is 2.23. The van der Waals surface area contributed by atoms with Gasteiger partial charge in [-0.05, 0) is 13.0 Å². The molecule has 0 aromatic heterocycles. The maximum atomic E-state index is 13.9. The van der Waals surface area contributed by atoms with E-state index in [1.165, 1.54) is 0 Å². The van der Waals surface area contributed by atoms with Crippen LogP contribution in [0.5, 0.6) is 0 Å². The van der Waals surface area contributed by atoms with Gasteiger partial charge in [0, 0.05) is 36.2 Å². The molecule has 2 N–H and O–H groups in total. The largest absolute Gasteiger partial charge is 0.365 e. The second kappa shape index (κ2) is 5.23. The predicted octanol–water partition coefficient (Wildman–Crippen LogP) is 2.37. The summed E-state index contributed by atoms with van der Waals surface area (Å²) in [5.41, 5.74) is 5.93. The van der Waals surface area contributed by atoms with Gasteiger partial charge in [0.15, 0.2) is 11.6 Å². The number of nitrogens with zero attached hydrogens (tertiary/aromatic N) is 1. The second-order valence-electron chi connectivity index (χ2n) is 4.19. The van der Waals surface area contributed by atoms with Crippen LogP contribution in [0.3, 0.4) is 0 Å². The van der Waals surface area contributed by atoms with E-state index in [9.17, 15) is 8.78 Å². The number of benzene rings is 1. The SMILES string of the molecule is CC1CSCCN1c1ccc(CN)c(F)c1F. The molecule has 1 aliphatic rings. The van der Waals surface area contributed by atoms with E-state index in [0.717, 1.165) is 18.1 Å². The Labute approximate surface area is 104 Å². The maximum Gasteiger partial charge on any atom is 0.182 e. The zero-order valence-electron chi connectivity index (χ0n) is 9.75. The Kier molecular flexibility index (Phi) is 3.89. The van der Waals surface area contributed by atoms with Gasteiger partial charge < -0.3 is 10.6 Å². The Hall–Kier alpha value is -0.810. The third-order valence-electron chi connectivity index (χ3n) is 3.04. The number of halogens is 2. The van der Waals surface area contributed by atoms with Crippen LogP contribution in [0.25, 0.3) is 0 Å². The van der Waals surface area contributed by atoms with E-state index in [4.69, 9.17) is 5.73 Å². The summed E-state index contributed by atoms with van der Waals surface area (Å²) in [4.78, 5) is 1.93. The lowest BCUT2D eigenvalue weighted by Gasteiger charge is -2.35. The molecule has 0 aliphatic carbocycles. The summed E-state index contributed by atoms with van der Waals surface area (Å²) in [5, 5.41) is 0. The standard InChI is InChI=1S/C12H16F2N2S/c1-8-7-17-5-4-16(8)10-3-2-9(6-15)11(13)12(10)14/h2-3,8H,4-7,15H2,1H3. The van der Waals surface area contributed by atoms with Gasteiger partial charge in [0.05, 0.1) is 5.69 Å². The number of thioether (sulfide) groups is 1. The molecule has 1 aromatic carbocycles. The molecular weight excluding hydrogens is 242 g/mol. The highest BCUT2D eigenvalue weighted by atomic mass is 32.2. The first-order valence-electron chi connectivity index (χ1n) is 5.66. The average molecular weight is 258 g/mol. The van der Waals surface area contributed by atoms with Gasteiger partial charge in [-0.2, -0.15) is 11.8 Å². The van der Waals surface area contributed by atoms with E-state index in [1.807, 2.05) is 23.6 Å². The number of nitrogens with two attached hydrogens (primary N) is 1. The molecule has 1 fully saturated rings. The van der Waals surface area contributed by atoms with Crippen LogP contribution < -0.4 is 10.6 Å². The summed E-state index contributed by atoms with van der Waals surface area (Å²) < 4.78 is 27.6. The Balaban J connectivity index is 2.35. The molecule has 1 saturated heterocycles. The van der Waals surface area contributed by atoms with E-state index < -0.39 is 11.6 Å². The normalized spacial score (nSPS) is 20.7. The Morgan fingerprint density at radius 3 is 2.82 bits per heavy atom. The molecule has 0 amide bonds. The van der Waals surface area contributed by atoms with Crippen LogP contribution in [0.4, 0.5) is 14.5 Å². The van der Waals surface area contributed by atoms with E-state index in [2.05, 4.69) is 0 Å². The van der Waals surface area contributed by atoms with Gasteiger partial charge in [-0.25, -0.2) is 8.78 Å². The smallest absolute Gasteiger partial charge is 0.182 e. The lowest BCUT2D eigenvalue weighted by atomic mass is 10.1. The number of anilines is 1. The van der Waals surface area contributed by atoms with Crippen LogP contribution in [0.1, 0.15) is 12.5 Å². The van der Waals surface area contributed by atoms with Gasteiger partial charge in [0.25, 0.3) is 0 Å². The molecule has 0 bridgehead atoms. The topological polar surface area (TPSA) is 29.3 Å². The van der Waals surface area contributed by atoms with Gasteiger partial charge in [-0.15, -0.1) is 0 Å². The maximum absolute atomic E-state index is 13.9. The number of rotatable bonds is 2. The minimum Gasteiger partial charge on any atom is -0.365 e. The van der Waals surface area contributed by atoms with Crippen LogP contribution in [-0.2, 0) is 6.54 Å². The Morgan fingerprint density at radius 2 is 2.18 bits per heavy atom. The van der Waals surface area contributed by atoms with Crippen molar-refractivity contribution in [2.75, 3.05) is 23.0 Å². The van der Waals surface area contributed by atoms with Crippen molar-refractivity contribution in [3.05, 3.63) is 29.3 Å². The van der Waals surface area contributed by atoms with Gasteiger partial charge in [0.2, 0.25) is 0 Å². The summed E-state index contributed by atoms with van der Waals surface area (Å²) in [6.45, 7) is 2.80. The van der Waals surface area contributed by atoms with Crippen molar-refractivity contribution in [2.24, 2.45) is 5.73 Å². The van der Waals surface area contributed by atoms with Crippen LogP contribution in [0.15, 0.2) is 12.1 Å². The van der Waals surface area contributed by atoms with Crippen molar-refractivity contribution in [1.29, 1.82) is 0 Å². The molecule has 0 radical (unpaired) electrons. The molecule has 0 saturated carbocycles. The van der Waals surface area contributed by atoms with Crippen LogP contribution in [0, 0.1) is 11.6 Å². The first-order chi connectivity index (χ1) is 8.15. The van der Waals surface area contributed by atoms with Crippen LogP contribution in [-0.4, -0.2) is 24.1 Å². The van der Waals surface area contributed by atoms with E-state index in [0.29, 0.717) is 5.69 Å². The lowest BCUT2D eigenvalue weighted by molar-refractivity contribution is 0.494. The summed E-state index contributed by atoms with van der Waals surface area (Å²) in [6, 6.07) is 3.43. The second-order valence-corrected chi connectivity index (χ2v) is 5.34. The minimum absolute atomic E-state index is 0.0223. The molecule has 0 spiro atoms. The molecule has 94 valence electrons. The zero-order chi connectivity index (χ0) is 12.4. The van der Waals surface area contributed by atoms with Gasteiger partial charge in [-0.1, -0.05) is 6.07 Å². The number of hydrogen-bond donors (Lipinski definition) is 1. The van der Waals surface area contributed by atoms with Crippen LogP contribution in [0.2, 0.25) is 0 Å². The molecule has 17 heavy (non-hydrogen) atoms. The van der Waals surface area contributed by atoms with Crippen molar-refractivity contribution in [1.82, 2.24) is 0 Å². The molecule has 5 heteroatoms. The van der Waals surface area contributed by atoms with E-state index >= 15 is 0 Å². The third kappa shape index (κ3) is 2.40. The Bertz CT molecular complexity index is 412. The third-order valence-corrected chi connectivity index (χ3v) is 4.23. The molecule has 1 heterocycles. The van der Waals surface area contributed by atoms with Crippen molar-refractivity contribution >= 4 is 17.4 Å². The molecular formula is C12H16F2N2S. The van der Waals surface area contributed by atoms with E-state index in [-0.39, 0.29) is 18.2 Å². The molecule has 1 aromatic rings.